The van der Waals surface area contributed by atoms with Gasteiger partial charge in [-0.1, -0.05) is 18.2 Å². The summed E-state index contributed by atoms with van der Waals surface area (Å²) in [6, 6.07) is 8.81. The van der Waals surface area contributed by atoms with Crippen LogP contribution in [-0.4, -0.2) is 49.6 Å². The predicted octanol–water partition coefficient (Wildman–Crippen LogP) is 4.45. The number of rotatable bonds is 5. The molecule has 1 atom stereocenters. The summed E-state index contributed by atoms with van der Waals surface area (Å²) in [4.78, 5) is 15.2. The lowest BCUT2D eigenvalue weighted by molar-refractivity contribution is -0.142. The van der Waals surface area contributed by atoms with Gasteiger partial charge in [0.25, 0.3) is 0 Å². The third kappa shape index (κ3) is 4.59. The SMILES string of the molecule is COc1cc2c(cc1OC)C(=O)C(CN1CCC(O)(c3ccccc3C(F)(F)F)CC1)CC2. The van der Waals surface area contributed by atoms with Crippen molar-refractivity contribution in [2.24, 2.45) is 5.92 Å². The lowest BCUT2D eigenvalue weighted by Crippen LogP contribution is -2.46. The highest BCUT2D eigenvalue weighted by atomic mass is 19.4. The zero-order valence-corrected chi connectivity index (χ0v) is 18.7. The van der Waals surface area contributed by atoms with Crippen molar-refractivity contribution in [3.05, 3.63) is 58.7 Å². The first kappa shape index (κ1) is 23.6. The maximum atomic E-state index is 13.4. The molecule has 1 fully saturated rings. The van der Waals surface area contributed by atoms with Crippen LogP contribution in [0.5, 0.6) is 11.5 Å². The van der Waals surface area contributed by atoms with E-state index in [2.05, 4.69) is 4.90 Å². The molecule has 1 N–H and O–H groups in total. The van der Waals surface area contributed by atoms with Crippen LogP contribution < -0.4 is 9.47 Å². The molecular formula is C25H28F3NO4. The maximum absolute atomic E-state index is 13.4. The first-order valence-corrected chi connectivity index (χ1v) is 11.1. The number of likely N-dealkylation sites (tertiary alicyclic amines) is 1. The Morgan fingerprint density at radius 1 is 1.09 bits per heavy atom. The van der Waals surface area contributed by atoms with Gasteiger partial charge in [0.15, 0.2) is 17.3 Å². The number of hydrogen-bond acceptors (Lipinski definition) is 5. The van der Waals surface area contributed by atoms with E-state index in [4.69, 9.17) is 9.47 Å². The van der Waals surface area contributed by atoms with Crippen molar-refractivity contribution in [1.82, 2.24) is 4.90 Å². The molecule has 33 heavy (non-hydrogen) atoms. The van der Waals surface area contributed by atoms with E-state index in [1.54, 1.807) is 13.2 Å². The Morgan fingerprint density at radius 2 is 1.73 bits per heavy atom. The lowest BCUT2D eigenvalue weighted by Gasteiger charge is -2.41. The lowest BCUT2D eigenvalue weighted by atomic mass is 9.80. The Balaban J connectivity index is 1.45. The summed E-state index contributed by atoms with van der Waals surface area (Å²) in [5, 5.41) is 11.1. The standard InChI is InChI=1S/C25H28F3NO4/c1-32-21-13-16-7-8-17(23(30)18(16)14-22(21)33-2)15-29-11-9-24(31,10-12-29)19-5-3-4-6-20(19)25(26,27)28/h3-6,13-14,17,31H,7-12,15H2,1-2H3. The number of piperidine rings is 1. The van der Waals surface area contributed by atoms with Gasteiger partial charge in [-0.2, -0.15) is 13.2 Å². The van der Waals surface area contributed by atoms with Gasteiger partial charge < -0.3 is 19.5 Å². The number of hydrogen-bond donors (Lipinski definition) is 1. The zero-order valence-electron chi connectivity index (χ0n) is 18.7. The summed E-state index contributed by atoms with van der Waals surface area (Å²) in [5.41, 5.74) is -0.817. The molecule has 178 valence electrons. The van der Waals surface area contributed by atoms with Crippen molar-refractivity contribution in [1.29, 1.82) is 0 Å². The quantitative estimate of drug-likeness (QED) is 0.710. The van der Waals surface area contributed by atoms with Gasteiger partial charge in [0.1, 0.15) is 0 Å². The van der Waals surface area contributed by atoms with E-state index < -0.39 is 17.3 Å². The number of carbonyl (C=O) groups is 1. The van der Waals surface area contributed by atoms with E-state index in [0.717, 1.165) is 18.1 Å². The van der Waals surface area contributed by atoms with Gasteiger partial charge in [-0.15, -0.1) is 0 Å². The zero-order chi connectivity index (χ0) is 23.8. The highest BCUT2D eigenvalue weighted by Crippen LogP contribution is 2.42. The summed E-state index contributed by atoms with van der Waals surface area (Å²) in [7, 11) is 3.09. The number of nitrogens with zero attached hydrogens (tertiary/aromatic N) is 1. The van der Waals surface area contributed by atoms with Crippen LogP contribution in [0, 0.1) is 5.92 Å². The van der Waals surface area contributed by atoms with Gasteiger partial charge in [-0.3, -0.25) is 4.79 Å². The van der Waals surface area contributed by atoms with Gasteiger partial charge in [-0.05, 0) is 55.0 Å². The van der Waals surface area contributed by atoms with Crippen LogP contribution >= 0.6 is 0 Å². The molecule has 1 unspecified atom stereocenters. The smallest absolute Gasteiger partial charge is 0.416 e. The van der Waals surface area contributed by atoms with E-state index in [1.165, 1.54) is 25.3 Å². The van der Waals surface area contributed by atoms with Crippen LogP contribution in [0.25, 0.3) is 0 Å². The third-order valence-corrected chi connectivity index (χ3v) is 6.90. The highest BCUT2D eigenvalue weighted by molar-refractivity contribution is 6.01. The minimum atomic E-state index is -4.52. The van der Waals surface area contributed by atoms with E-state index in [0.29, 0.717) is 43.1 Å². The number of ether oxygens (including phenoxy) is 2. The van der Waals surface area contributed by atoms with Crippen LogP contribution in [0.2, 0.25) is 0 Å². The fourth-order valence-electron chi connectivity index (χ4n) is 5.03. The topological polar surface area (TPSA) is 59.0 Å². The fraction of sp³-hybridized carbons (Fsp3) is 0.480. The summed E-state index contributed by atoms with van der Waals surface area (Å²) in [5.74, 6) is 0.943. The van der Waals surface area contributed by atoms with Crippen molar-refractivity contribution in [2.45, 2.75) is 37.5 Å². The predicted molar refractivity (Wildman–Crippen MR) is 117 cm³/mol. The Hall–Kier alpha value is -2.58. The number of halogens is 3. The van der Waals surface area contributed by atoms with E-state index in [9.17, 15) is 23.1 Å². The summed E-state index contributed by atoms with van der Waals surface area (Å²) in [6.07, 6.45) is -2.72. The molecule has 2 aromatic carbocycles. The normalized spacial score (nSPS) is 20.9. The summed E-state index contributed by atoms with van der Waals surface area (Å²) < 4.78 is 51.0. The highest BCUT2D eigenvalue weighted by Gasteiger charge is 2.42. The van der Waals surface area contributed by atoms with Crippen molar-refractivity contribution in [3.63, 3.8) is 0 Å². The van der Waals surface area contributed by atoms with Crippen molar-refractivity contribution in [3.8, 4) is 11.5 Å². The molecule has 2 aromatic rings. The molecule has 0 aromatic heterocycles. The van der Waals surface area contributed by atoms with Crippen LogP contribution in [0.1, 0.15) is 46.3 Å². The molecule has 0 bridgehead atoms. The van der Waals surface area contributed by atoms with Crippen LogP contribution in [0.4, 0.5) is 13.2 Å². The molecule has 0 spiro atoms. The number of ketones is 1. The molecule has 0 saturated carbocycles. The molecule has 1 saturated heterocycles. The molecule has 4 rings (SSSR count). The molecule has 1 aliphatic carbocycles. The van der Waals surface area contributed by atoms with E-state index >= 15 is 0 Å². The number of Topliss-reactive ketones (excluding diaryl/α,β-unsaturated/α-hetero) is 1. The van der Waals surface area contributed by atoms with Crippen molar-refractivity contribution < 1.29 is 32.5 Å². The number of aryl methyl sites for hydroxylation is 1. The van der Waals surface area contributed by atoms with Gasteiger partial charge in [-0.25, -0.2) is 0 Å². The average molecular weight is 463 g/mol. The Labute approximate surface area is 191 Å². The van der Waals surface area contributed by atoms with Crippen molar-refractivity contribution in [2.75, 3.05) is 33.9 Å². The molecule has 8 heteroatoms. The summed E-state index contributed by atoms with van der Waals surface area (Å²) in [6.45, 7) is 1.36. The van der Waals surface area contributed by atoms with Gasteiger partial charge in [0.05, 0.1) is 25.4 Å². The Kier molecular flexibility index (Phi) is 6.42. The third-order valence-electron chi connectivity index (χ3n) is 6.90. The van der Waals surface area contributed by atoms with E-state index in [-0.39, 0.29) is 30.1 Å². The Bertz CT molecular complexity index is 1030. The second kappa shape index (κ2) is 8.99. The summed E-state index contributed by atoms with van der Waals surface area (Å²) >= 11 is 0. The number of methoxy groups -OCH3 is 2. The first-order valence-electron chi connectivity index (χ1n) is 11.1. The molecule has 1 heterocycles. The van der Waals surface area contributed by atoms with Crippen LogP contribution in [0.15, 0.2) is 36.4 Å². The van der Waals surface area contributed by atoms with Crippen LogP contribution in [-0.2, 0) is 18.2 Å². The minimum absolute atomic E-state index is 0.0421. The molecule has 0 radical (unpaired) electrons. The fourth-order valence-corrected chi connectivity index (χ4v) is 5.03. The maximum Gasteiger partial charge on any atom is 0.416 e. The molecule has 1 aliphatic heterocycles. The van der Waals surface area contributed by atoms with Gasteiger partial charge in [0.2, 0.25) is 0 Å². The first-order chi connectivity index (χ1) is 15.7. The number of aliphatic hydroxyl groups is 1. The number of fused-ring (bicyclic) bond motifs is 1. The second-order valence-corrected chi connectivity index (χ2v) is 8.84. The molecule has 0 amide bonds. The van der Waals surface area contributed by atoms with Gasteiger partial charge in [0, 0.05) is 31.1 Å². The van der Waals surface area contributed by atoms with Crippen LogP contribution in [0.3, 0.4) is 0 Å². The van der Waals surface area contributed by atoms with Crippen molar-refractivity contribution >= 4 is 5.78 Å². The number of carbonyl (C=O) groups excluding carboxylic acids is 1. The number of benzene rings is 2. The minimum Gasteiger partial charge on any atom is -0.493 e. The Morgan fingerprint density at radius 3 is 2.36 bits per heavy atom. The molecule has 2 aliphatic rings. The number of alkyl halides is 3. The molecular weight excluding hydrogens is 435 g/mol. The average Bonchev–Trinajstić information content (AvgIpc) is 2.81. The second-order valence-electron chi connectivity index (χ2n) is 8.84. The largest absolute Gasteiger partial charge is 0.493 e. The van der Waals surface area contributed by atoms with E-state index in [1.807, 2.05) is 6.07 Å². The van der Waals surface area contributed by atoms with Gasteiger partial charge >= 0.3 is 6.18 Å². The molecule has 5 nitrogen and oxygen atoms in total. The monoisotopic (exact) mass is 463 g/mol.